The van der Waals surface area contributed by atoms with Crippen molar-refractivity contribution in [3.63, 3.8) is 0 Å². The van der Waals surface area contributed by atoms with Crippen molar-refractivity contribution in [3.05, 3.63) is 48.0 Å². The molecule has 0 fully saturated rings. The van der Waals surface area contributed by atoms with Crippen LogP contribution in [0.25, 0.3) is 22.2 Å². The van der Waals surface area contributed by atoms with Crippen molar-refractivity contribution < 1.29 is 28.5 Å². The first-order valence-electron chi connectivity index (χ1n) is 9.47. The molecule has 1 amide bonds. The number of pyridine rings is 1. The average molecular weight is 424 g/mol. The summed E-state index contributed by atoms with van der Waals surface area (Å²) >= 11 is 0. The van der Waals surface area contributed by atoms with E-state index in [4.69, 9.17) is 18.9 Å². The van der Waals surface area contributed by atoms with Gasteiger partial charge < -0.3 is 23.8 Å². The van der Waals surface area contributed by atoms with Gasteiger partial charge in [0.2, 0.25) is 5.75 Å². The number of para-hydroxylation sites is 1. The summed E-state index contributed by atoms with van der Waals surface area (Å²) in [5.41, 5.74) is 2.10. The van der Waals surface area contributed by atoms with Gasteiger partial charge in [-0.15, -0.1) is 0 Å². The first-order chi connectivity index (χ1) is 14.9. The van der Waals surface area contributed by atoms with E-state index in [0.717, 1.165) is 0 Å². The Hall–Kier alpha value is -3.81. The number of likely N-dealkylation sites (N-methyl/N-ethyl adjacent to an activating group) is 1. The fraction of sp³-hybridized carbons (Fsp3) is 0.261. The molecule has 31 heavy (non-hydrogen) atoms. The maximum Gasteiger partial charge on any atom is 0.339 e. The topological polar surface area (TPSA) is 87.2 Å². The molecule has 8 heteroatoms. The van der Waals surface area contributed by atoms with Gasteiger partial charge in [-0.2, -0.15) is 0 Å². The summed E-state index contributed by atoms with van der Waals surface area (Å²) in [4.78, 5) is 30.7. The number of benzene rings is 2. The molecule has 162 valence electrons. The van der Waals surface area contributed by atoms with E-state index in [9.17, 15) is 9.59 Å². The zero-order valence-electron chi connectivity index (χ0n) is 18.1. The van der Waals surface area contributed by atoms with Crippen LogP contribution in [-0.2, 0) is 9.53 Å². The molecule has 0 aliphatic carbocycles. The van der Waals surface area contributed by atoms with Crippen LogP contribution in [0.1, 0.15) is 10.4 Å². The molecular weight excluding hydrogens is 400 g/mol. The quantitative estimate of drug-likeness (QED) is 0.539. The van der Waals surface area contributed by atoms with E-state index in [1.54, 1.807) is 44.4 Å². The number of carbonyl (C=O) groups is 2. The van der Waals surface area contributed by atoms with E-state index in [2.05, 4.69) is 4.98 Å². The predicted octanol–water partition coefficient (Wildman–Crippen LogP) is 3.17. The average Bonchev–Trinajstić information content (AvgIpc) is 2.80. The lowest BCUT2D eigenvalue weighted by molar-refractivity contribution is -0.131. The number of hydrogen-bond acceptors (Lipinski definition) is 7. The molecule has 0 radical (unpaired) electrons. The minimum absolute atomic E-state index is 0.306. The van der Waals surface area contributed by atoms with E-state index in [1.165, 1.54) is 26.2 Å². The monoisotopic (exact) mass is 424 g/mol. The van der Waals surface area contributed by atoms with Crippen molar-refractivity contribution in [1.82, 2.24) is 9.88 Å². The number of aromatic nitrogens is 1. The van der Waals surface area contributed by atoms with Crippen LogP contribution in [0.3, 0.4) is 0 Å². The molecule has 0 saturated heterocycles. The number of methoxy groups -OCH3 is 3. The summed E-state index contributed by atoms with van der Waals surface area (Å²) in [5.74, 6) is 0.468. The Kier molecular flexibility index (Phi) is 6.59. The molecule has 0 atom stereocenters. The third-order valence-corrected chi connectivity index (χ3v) is 4.72. The molecule has 2 aromatic carbocycles. The van der Waals surface area contributed by atoms with Gasteiger partial charge in [0.15, 0.2) is 18.1 Å². The Bertz CT molecular complexity index is 1100. The number of rotatable bonds is 7. The minimum Gasteiger partial charge on any atom is -0.493 e. The molecule has 0 N–H and O–H groups in total. The van der Waals surface area contributed by atoms with Crippen molar-refractivity contribution in [2.45, 2.75) is 0 Å². The lowest BCUT2D eigenvalue weighted by atomic mass is 10.0. The SMILES string of the molecule is COc1cc(-c2cc(C(=O)OCC(=O)N(C)C)c3ccccc3n2)cc(OC)c1OC. The Morgan fingerprint density at radius 1 is 0.935 bits per heavy atom. The maximum atomic E-state index is 12.8. The highest BCUT2D eigenvalue weighted by molar-refractivity contribution is 6.05. The fourth-order valence-electron chi connectivity index (χ4n) is 3.06. The van der Waals surface area contributed by atoms with Gasteiger partial charge in [-0.05, 0) is 24.3 Å². The normalized spacial score (nSPS) is 10.5. The number of ether oxygens (including phenoxy) is 4. The van der Waals surface area contributed by atoms with E-state index >= 15 is 0 Å². The summed E-state index contributed by atoms with van der Waals surface area (Å²) in [5, 5.41) is 0.626. The molecule has 0 bridgehead atoms. The smallest absolute Gasteiger partial charge is 0.339 e. The van der Waals surface area contributed by atoms with Crippen molar-refractivity contribution >= 4 is 22.8 Å². The fourth-order valence-corrected chi connectivity index (χ4v) is 3.06. The van der Waals surface area contributed by atoms with Gasteiger partial charge in [-0.1, -0.05) is 18.2 Å². The van der Waals surface area contributed by atoms with Crippen LogP contribution in [0.5, 0.6) is 17.2 Å². The van der Waals surface area contributed by atoms with E-state index < -0.39 is 5.97 Å². The van der Waals surface area contributed by atoms with Crippen LogP contribution >= 0.6 is 0 Å². The number of amides is 1. The first-order valence-corrected chi connectivity index (χ1v) is 9.47. The van der Waals surface area contributed by atoms with Gasteiger partial charge in [0, 0.05) is 25.0 Å². The molecule has 0 saturated carbocycles. The summed E-state index contributed by atoms with van der Waals surface area (Å²) in [6.07, 6.45) is 0. The Balaban J connectivity index is 2.11. The molecule has 3 rings (SSSR count). The predicted molar refractivity (Wildman–Crippen MR) is 116 cm³/mol. The molecule has 0 aliphatic heterocycles. The Morgan fingerprint density at radius 3 is 2.16 bits per heavy atom. The molecule has 0 unspecified atom stereocenters. The van der Waals surface area contributed by atoms with Crippen LogP contribution in [-0.4, -0.2) is 63.8 Å². The molecular formula is C23H24N2O6. The Morgan fingerprint density at radius 2 is 1.58 bits per heavy atom. The molecule has 3 aromatic rings. The van der Waals surface area contributed by atoms with Gasteiger partial charge >= 0.3 is 5.97 Å². The highest BCUT2D eigenvalue weighted by Crippen LogP contribution is 2.41. The molecule has 0 aliphatic rings. The van der Waals surface area contributed by atoms with Crippen LogP contribution in [0.15, 0.2) is 42.5 Å². The van der Waals surface area contributed by atoms with Gasteiger partial charge in [-0.25, -0.2) is 9.78 Å². The zero-order chi connectivity index (χ0) is 22.5. The number of carbonyl (C=O) groups excluding carboxylic acids is 2. The van der Waals surface area contributed by atoms with E-state index in [0.29, 0.717) is 45.0 Å². The summed E-state index contributed by atoms with van der Waals surface area (Å²) < 4.78 is 21.5. The number of fused-ring (bicyclic) bond motifs is 1. The third kappa shape index (κ3) is 4.53. The van der Waals surface area contributed by atoms with Crippen LogP contribution < -0.4 is 14.2 Å². The van der Waals surface area contributed by atoms with E-state index in [1.807, 2.05) is 12.1 Å². The highest BCUT2D eigenvalue weighted by Gasteiger charge is 2.19. The number of hydrogen-bond donors (Lipinski definition) is 0. The lowest BCUT2D eigenvalue weighted by Gasteiger charge is -2.15. The van der Waals surface area contributed by atoms with Gasteiger partial charge in [0.1, 0.15) is 0 Å². The van der Waals surface area contributed by atoms with E-state index in [-0.39, 0.29) is 12.5 Å². The van der Waals surface area contributed by atoms with Crippen LogP contribution in [0.4, 0.5) is 0 Å². The van der Waals surface area contributed by atoms with Crippen LogP contribution in [0.2, 0.25) is 0 Å². The number of esters is 1. The Labute approximate surface area is 180 Å². The molecule has 0 spiro atoms. The standard InChI is InChI=1S/C23H24N2O6/c1-25(2)21(26)13-31-23(27)16-12-18(24-17-9-7-6-8-15(16)17)14-10-19(28-3)22(30-5)20(11-14)29-4/h6-12H,13H2,1-5H3. The van der Waals surface area contributed by atoms with Gasteiger partial charge in [0.25, 0.3) is 5.91 Å². The maximum absolute atomic E-state index is 12.8. The largest absolute Gasteiger partial charge is 0.493 e. The summed E-state index contributed by atoms with van der Waals surface area (Å²) in [7, 11) is 7.78. The van der Waals surface area contributed by atoms with Crippen molar-refractivity contribution in [3.8, 4) is 28.5 Å². The first kappa shape index (κ1) is 21.9. The molecule has 1 heterocycles. The summed E-state index contributed by atoms with van der Waals surface area (Å²) in [6, 6.07) is 12.4. The lowest BCUT2D eigenvalue weighted by Crippen LogP contribution is -2.27. The van der Waals surface area contributed by atoms with Crippen molar-refractivity contribution in [2.75, 3.05) is 42.0 Å². The van der Waals surface area contributed by atoms with Gasteiger partial charge in [0.05, 0.1) is 38.1 Å². The third-order valence-electron chi connectivity index (χ3n) is 4.72. The van der Waals surface area contributed by atoms with Gasteiger partial charge in [-0.3, -0.25) is 4.79 Å². The van der Waals surface area contributed by atoms with Crippen molar-refractivity contribution in [1.29, 1.82) is 0 Å². The summed E-state index contributed by atoms with van der Waals surface area (Å²) in [6.45, 7) is -0.345. The van der Waals surface area contributed by atoms with Crippen molar-refractivity contribution in [2.24, 2.45) is 0 Å². The number of nitrogens with zero attached hydrogens (tertiary/aromatic N) is 2. The molecule has 8 nitrogen and oxygen atoms in total. The zero-order valence-corrected chi connectivity index (χ0v) is 18.1. The second kappa shape index (κ2) is 9.34. The highest BCUT2D eigenvalue weighted by atomic mass is 16.5. The van der Waals surface area contributed by atoms with Crippen LogP contribution in [0, 0.1) is 0 Å². The minimum atomic E-state index is -0.609. The second-order valence-electron chi connectivity index (χ2n) is 6.85. The second-order valence-corrected chi connectivity index (χ2v) is 6.85. The molecule has 1 aromatic heterocycles.